The molecule has 0 radical (unpaired) electrons. The molecule has 0 saturated carbocycles. The van der Waals surface area contributed by atoms with Crippen molar-refractivity contribution in [2.24, 2.45) is 0 Å². The van der Waals surface area contributed by atoms with Crippen LogP contribution in [0.3, 0.4) is 0 Å². The summed E-state index contributed by atoms with van der Waals surface area (Å²) >= 11 is 0. The van der Waals surface area contributed by atoms with Gasteiger partial charge in [-0.3, -0.25) is 0 Å². The number of amides is 1. The van der Waals surface area contributed by atoms with Gasteiger partial charge < -0.3 is 14.8 Å². The molecule has 1 heterocycles. The number of hydrogen-bond donors (Lipinski definition) is 1. The molecule has 0 saturated heterocycles. The van der Waals surface area contributed by atoms with Gasteiger partial charge in [0.05, 0.1) is 6.04 Å². The number of esters is 1. The third kappa shape index (κ3) is 3.92. The fourth-order valence-corrected chi connectivity index (χ4v) is 1.24. The van der Waals surface area contributed by atoms with Gasteiger partial charge in [-0.1, -0.05) is 0 Å². The molecular formula is C11H17NO4. The zero-order valence-corrected chi connectivity index (χ0v) is 9.99. The molecule has 16 heavy (non-hydrogen) atoms. The molecule has 1 rings (SSSR count). The monoisotopic (exact) mass is 227 g/mol. The number of carbonyl (C=O) groups excluding carboxylic acids is 2. The number of carbonyl (C=O) groups is 2. The third-order valence-electron chi connectivity index (χ3n) is 1.87. The Morgan fingerprint density at radius 3 is 2.69 bits per heavy atom. The zero-order chi connectivity index (χ0) is 12.3. The van der Waals surface area contributed by atoms with Crippen molar-refractivity contribution < 1.29 is 19.1 Å². The van der Waals surface area contributed by atoms with Crippen LogP contribution in [0.1, 0.15) is 27.7 Å². The highest BCUT2D eigenvalue weighted by Crippen LogP contribution is 2.10. The van der Waals surface area contributed by atoms with Crippen LogP contribution < -0.4 is 5.32 Å². The molecule has 1 N–H and O–H groups in total. The van der Waals surface area contributed by atoms with Crippen LogP contribution in [0.25, 0.3) is 0 Å². The van der Waals surface area contributed by atoms with Crippen LogP contribution >= 0.6 is 0 Å². The number of alkyl carbamates (subject to hydrolysis) is 1. The Kier molecular flexibility index (Phi) is 3.57. The molecule has 1 aliphatic rings. The van der Waals surface area contributed by atoms with E-state index < -0.39 is 11.7 Å². The predicted octanol–water partition coefficient (Wildman–Crippen LogP) is 1.38. The van der Waals surface area contributed by atoms with Crippen LogP contribution in [-0.4, -0.2) is 30.3 Å². The Morgan fingerprint density at radius 1 is 1.56 bits per heavy atom. The minimum absolute atomic E-state index is 0.148. The van der Waals surface area contributed by atoms with Crippen LogP contribution in [-0.2, 0) is 14.3 Å². The quantitative estimate of drug-likeness (QED) is 0.687. The van der Waals surface area contributed by atoms with Crippen LogP contribution in [0.4, 0.5) is 4.79 Å². The summed E-state index contributed by atoms with van der Waals surface area (Å²) in [5, 5.41) is 2.61. The summed E-state index contributed by atoms with van der Waals surface area (Å²) in [6.45, 7) is 7.15. The van der Waals surface area contributed by atoms with Gasteiger partial charge in [-0.15, -0.1) is 0 Å². The third-order valence-corrected chi connectivity index (χ3v) is 1.87. The van der Waals surface area contributed by atoms with Crippen LogP contribution in [0, 0.1) is 0 Å². The van der Waals surface area contributed by atoms with Crippen molar-refractivity contribution in [2.45, 2.75) is 39.3 Å². The van der Waals surface area contributed by atoms with Gasteiger partial charge >= 0.3 is 12.1 Å². The second kappa shape index (κ2) is 4.55. The van der Waals surface area contributed by atoms with E-state index in [2.05, 4.69) is 5.32 Å². The minimum atomic E-state index is -0.534. The lowest BCUT2D eigenvalue weighted by atomic mass is 10.1. The van der Waals surface area contributed by atoms with Crippen molar-refractivity contribution in [3.63, 3.8) is 0 Å². The van der Waals surface area contributed by atoms with Gasteiger partial charge in [-0.25, -0.2) is 9.59 Å². The lowest BCUT2D eigenvalue weighted by molar-refractivity contribution is -0.140. The molecule has 0 spiro atoms. The predicted molar refractivity (Wildman–Crippen MR) is 57.9 cm³/mol. The standard InChI is InChI=1S/C11H17NO4/c1-7-5-8(6-15-9(7)13)12-10(14)16-11(2,3)4/h5,8H,6H2,1-4H3,(H,12,14)/t8-/m1/s1. The number of nitrogens with one attached hydrogen (secondary N) is 1. The summed E-state index contributed by atoms with van der Waals surface area (Å²) < 4.78 is 9.94. The van der Waals surface area contributed by atoms with Gasteiger partial charge in [0.25, 0.3) is 0 Å². The molecule has 0 aromatic rings. The maximum absolute atomic E-state index is 11.4. The summed E-state index contributed by atoms with van der Waals surface area (Å²) in [6.07, 6.45) is 1.15. The second-order valence-electron chi connectivity index (χ2n) is 4.70. The molecule has 1 aliphatic heterocycles. The average Bonchev–Trinajstić information content (AvgIpc) is 2.08. The highest BCUT2D eigenvalue weighted by Gasteiger charge is 2.23. The van der Waals surface area contributed by atoms with Gasteiger partial charge in [0.1, 0.15) is 12.2 Å². The number of cyclic esters (lactones) is 1. The second-order valence-corrected chi connectivity index (χ2v) is 4.70. The Bertz CT molecular complexity index is 327. The first-order valence-electron chi connectivity index (χ1n) is 5.13. The van der Waals surface area contributed by atoms with Crippen molar-refractivity contribution in [3.05, 3.63) is 11.6 Å². The lowest BCUT2D eigenvalue weighted by Crippen LogP contribution is -2.42. The molecular weight excluding hydrogens is 210 g/mol. The van der Waals surface area contributed by atoms with Gasteiger partial charge in [0, 0.05) is 5.57 Å². The van der Waals surface area contributed by atoms with E-state index in [9.17, 15) is 9.59 Å². The van der Waals surface area contributed by atoms with Crippen molar-refractivity contribution in [1.29, 1.82) is 0 Å². The summed E-state index contributed by atoms with van der Waals surface area (Å²) in [7, 11) is 0. The van der Waals surface area contributed by atoms with Crippen LogP contribution in [0.15, 0.2) is 11.6 Å². The molecule has 90 valence electrons. The number of rotatable bonds is 1. The molecule has 1 atom stereocenters. The summed E-state index contributed by atoms with van der Waals surface area (Å²) in [6, 6.07) is -0.312. The normalized spacial score (nSPS) is 20.9. The SMILES string of the molecule is CC1=C[C@@H](NC(=O)OC(C)(C)C)COC1=O. The molecule has 0 bridgehead atoms. The number of ether oxygens (including phenoxy) is 2. The Balaban J connectivity index is 2.50. The molecule has 5 nitrogen and oxygen atoms in total. The molecule has 5 heteroatoms. The summed E-state index contributed by atoms with van der Waals surface area (Å²) in [5.41, 5.74) is -0.0407. The highest BCUT2D eigenvalue weighted by molar-refractivity contribution is 5.88. The topological polar surface area (TPSA) is 64.6 Å². The van der Waals surface area contributed by atoms with Gasteiger partial charge in [0.2, 0.25) is 0 Å². The van der Waals surface area contributed by atoms with Crippen molar-refractivity contribution in [1.82, 2.24) is 5.32 Å². The Labute approximate surface area is 94.8 Å². The molecule has 0 unspecified atom stereocenters. The smallest absolute Gasteiger partial charge is 0.408 e. The Morgan fingerprint density at radius 2 is 2.19 bits per heavy atom. The van der Waals surface area contributed by atoms with Crippen molar-refractivity contribution >= 4 is 12.1 Å². The van der Waals surface area contributed by atoms with Crippen molar-refractivity contribution in [3.8, 4) is 0 Å². The van der Waals surface area contributed by atoms with Crippen LogP contribution in [0.5, 0.6) is 0 Å². The van der Waals surface area contributed by atoms with Gasteiger partial charge in [-0.05, 0) is 33.8 Å². The summed E-state index contributed by atoms with van der Waals surface area (Å²) in [4.78, 5) is 22.4. The van der Waals surface area contributed by atoms with E-state index >= 15 is 0 Å². The largest absolute Gasteiger partial charge is 0.460 e. The van der Waals surface area contributed by atoms with Gasteiger partial charge in [0.15, 0.2) is 0 Å². The van der Waals surface area contributed by atoms with E-state index in [1.54, 1.807) is 33.8 Å². The molecule has 0 fully saturated rings. The van der Waals surface area contributed by atoms with E-state index in [0.717, 1.165) is 0 Å². The average molecular weight is 227 g/mol. The summed E-state index contributed by atoms with van der Waals surface area (Å²) in [5.74, 6) is -0.345. The fraction of sp³-hybridized carbons (Fsp3) is 0.636. The molecule has 0 aromatic heterocycles. The van der Waals surface area contributed by atoms with E-state index in [4.69, 9.17) is 9.47 Å². The first kappa shape index (κ1) is 12.5. The first-order valence-corrected chi connectivity index (χ1v) is 5.13. The van der Waals surface area contributed by atoms with E-state index in [1.165, 1.54) is 0 Å². The maximum Gasteiger partial charge on any atom is 0.408 e. The minimum Gasteiger partial charge on any atom is -0.460 e. The first-order chi connectivity index (χ1) is 7.28. The molecule has 1 amide bonds. The maximum atomic E-state index is 11.4. The number of hydrogen-bond acceptors (Lipinski definition) is 4. The van der Waals surface area contributed by atoms with Crippen molar-refractivity contribution in [2.75, 3.05) is 6.61 Å². The lowest BCUT2D eigenvalue weighted by Gasteiger charge is -2.24. The highest BCUT2D eigenvalue weighted by atomic mass is 16.6. The Hall–Kier alpha value is -1.52. The fourth-order valence-electron chi connectivity index (χ4n) is 1.24. The molecule has 0 aliphatic carbocycles. The van der Waals surface area contributed by atoms with Gasteiger partial charge in [-0.2, -0.15) is 0 Å². The van der Waals surface area contributed by atoms with E-state index in [0.29, 0.717) is 5.57 Å². The van der Waals surface area contributed by atoms with E-state index in [-0.39, 0.29) is 18.6 Å². The van der Waals surface area contributed by atoms with Crippen LogP contribution in [0.2, 0.25) is 0 Å². The van der Waals surface area contributed by atoms with E-state index in [1.807, 2.05) is 0 Å². The zero-order valence-electron chi connectivity index (χ0n) is 9.99. The molecule has 0 aromatic carbocycles.